The zero-order chi connectivity index (χ0) is 13.2. The highest BCUT2D eigenvalue weighted by Gasteiger charge is 2.07. The molecule has 1 N–H and O–H groups in total. The molecule has 0 spiro atoms. The number of aryl methyl sites for hydroxylation is 3. The first kappa shape index (κ1) is 12.0. The molecule has 19 heavy (non-hydrogen) atoms. The van der Waals surface area contributed by atoms with Crippen LogP contribution in [0.25, 0.3) is 11.2 Å². The number of nitrogens with zero attached hydrogens (tertiary/aromatic N) is 3. The molecule has 0 atom stereocenters. The van der Waals surface area contributed by atoms with Crippen molar-refractivity contribution >= 4 is 23.4 Å². The molecule has 0 saturated heterocycles. The monoisotopic (exact) mass is 270 g/mol. The molecular formula is C14H14N4S. The average Bonchev–Trinajstić information content (AvgIpc) is 2.75. The first-order chi connectivity index (χ1) is 9.25. The van der Waals surface area contributed by atoms with Crippen LogP contribution in [0.15, 0.2) is 36.8 Å². The Morgan fingerprint density at radius 2 is 2.00 bits per heavy atom. The zero-order valence-corrected chi connectivity index (χ0v) is 11.4. The van der Waals surface area contributed by atoms with E-state index in [1.165, 1.54) is 11.1 Å². The zero-order valence-electron chi connectivity index (χ0n) is 10.6. The molecule has 0 bridgehead atoms. The lowest BCUT2D eigenvalue weighted by molar-refractivity contribution is 0.700. The Labute approximate surface area is 116 Å². The van der Waals surface area contributed by atoms with Crippen LogP contribution in [0, 0.1) is 11.7 Å². The van der Waals surface area contributed by atoms with E-state index in [9.17, 15) is 0 Å². The van der Waals surface area contributed by atoms with Crippen molar-refractivity contribution in [1.29, 1.82) is 0 Å². The standard InChI is InChI=1S/C14H14N4S/c1-10-2-8-16-13-12(10)17-14(19)18(13)9-5-11-3-6-15-7-4-11/h2-4,6-8H,5,9H2,1H3,(H,17,19). The van der Waals surface area contributed by atoms with Crippen molar-refractivity contribution in [3.05, 3.63) is 52.7 Å². The van der Waals surface area contributed by atoms with Crippen molar-refractivity contribution in [2.24, 2.45) is 0 Å². The van der Waals surface area contributed by atoms with E-state index in [2.05, 4.69) is 26.4 Å². The smallest absolute Gasteiger partial charge is 0.179 e. The lowest BCUT2D eigenvalue weighted by Gasteiger charge is -2.04. The van der Waals surface area contributed by atoms with Gasteiger partial charge in [0.1, 0.15) is 0 Å². The maximum Gasteiger partial charge on any atom is 0.179 e. The van der Waals surface area contributed by atoms with Gasteiger partial charge in [0.2, 0.25) is 0 Å². The van der Waals surface area contributed by atoms with Crippen molar-refractivity contribution < 1.29 is 0 Å². The fourth-order valence-electron chi connectivity index (χ4n) is 2.17. The fourth-order valence-corrected chi connectivity index (χ4v) is 2.45. The van der Waals surface area contributed by atoms with Gasteiger partial charge in [0.05, 0.1) is 5.52 Å². The maximum absolute atomic E-state index is 5.38. The van der Waals surface area contributed by atoms with Gasteiger partial charge in [-0.05, 0) is 54.9 Å². The van der Waals surface area contributed by atoms with Crippen molar-refractivity contribution in [3.63, 3.8) is 0 Å². The number of hydrogen-bond acceptors (Lipinski definition) is 3. The van der Waals surface area contributed by atoms with Crippen LogP contribution < -0.4 is 0 Å². The number of pyridine rings is 2. The number of fused-ring (bicyclic) bond motifs is 1. The van der Waals surface area contributed by atoms with Crippen LogP contribution in [0.1, 0.15) is 11.1 Å². The van der Waals surface area contributed by atoms with Gasteiger partial charge < -0.3 is 9.55 Å². The summed E-state index contributed by atoms with van der Waals surface area (Å²) in [6, 6.07) is 6.04. The number of rotatable bonds is 3. The molecule has 0 fully saturated rings. The summed E-state index contributed by atoms with van der Waals surface area (Å²) < 4.78 is 2.78. The normalized spacial score (nSPS) is 11.0. The molecule has 4 nitrogen and oxygen atoms in total. The largest absolute Gasteiger partial charge is 0.329 e. The van der Waals surface area contributed by atoms with Gasteiger partial charge in [-0.3, -0.25) is 4.98 Å². The van der Waals surface area contributed by atoms with E-state index in [1.54, 1.807) is 0 Å². The van der Waals surface area contributed by atoms with Gasteiger partial charge in [-0.25, -0.2) is 4.98 Å². The second-order valence-corrected chi connectivity index (χ2v) is 4.90. The van der Waals surface area contributed by atoms with Gasteiger partial charge in [0, 0.05) is 25.1 Å². The lowest BCUT2D eigenvalue weighted by Crippen LogP contribution is -2.02. The van der Waals surface area contributed by atoms with E-state index in [4.69, 9.17) is 12.2 Å². The first-order valence-corrected chi connectivity index (χ1v) is 6.59. The second kappa shape index (κ2) is 4.93. The van der Waals surface area contributed by atoms with E-state index in [0.29, 0.717) is 0 Å². The minimum atomic E-state index is 0.728. The van der Waals surface area contributed by atoms with Gasteiger partial charge in [-0.15, -0.1) is 0 Å². The van der Waals surface area contributed by atoms with Crippen LogP contribution in [-0.4, -0.2) is 19.5 Å². The SMILES string of the molecule is Cc1ccnc2c1[nH]c(=S)n2CCc1ccncc1. The van der Waals surface area contributed by atoms with E-state index in [-0.39, 0.29) is 0 Å². The molecule has 0 aliphatic carbocycles. The molecule has 0 aliphatic heterocycles. The summed E-state index contributed by atoms with van der Waals surface area (Å²) >= 11 is 5.38. The quantitative estimate of drug-likeness (QED) is 0.744. The van der Waals surface area contributed by atoms with E-state index in [1.807, 2.05) is 36.8 Å². The van der Waals surface area contributed by atoms with Crippen LogP contribution >= 0.6 is 12.2 Å². The fraction of sp³-hybridized carbons (Fsp3) is 0.214. The van der Waals surface area contributed by atoms with E-state index in [0.717, 1.165) is 28.9 Å². The van der Waals surface area contributed by atoms with Crippen molar-refractivity contribution in [2.75, 3.05) is 0 Å². The van der Waals surface area contributed by atoms with Crippen LogP contribution in [0.5, 0.6) is 0 Å². The minimum Gasteiger partial charge on any atom is -0.329 e. The van der Waals surface area contributed by atoms with E-state index >= 15 is 0 Å². The van der Waals surface area contributed by atoms with Gasteiger partial charge in [0.25, 0.3) is 0 Å². The predicted molar refractivity (Wildman–Crippen MR) is 77.6 cm³/mol. The summed E-state index contributed by atoms with van der Waals surface area (Å²) in [5.74, 6) is 0. The molecule has 0 amide bonds. The topological polar surface area (TPSA) is 46.5 Å². The second-order valence-electron chi connectivity index (χ2n) is 4.51. The van der Waals surface area contributed by atoms with Crippen LogP contribution in [-0.2, 0) is 13.0 Å². The molecule has 0 aliphatic rings. The number of imidazole rings is 1. The Morgan fingerprint density at radius 1 is 1.21 bits per heavy atom. The Balaban J connectivity index is 1.95. The van der Waals surface area contributed by atoms with Crippen molar-refractivity contribution in [1.82, 2.24) is 19.5 Å². The van der Waals surface area contributed by atoms with Gasteiger partial charge in [-0.1, -0.05) is 0 Å². The predicted octanol–water partition coefficient (Wildman–Crippen LogP) is 3.04. The van der Waals surface area contributed by atoms with Crippen LogP contribution in [0.2, 0.25) is 0 Å². The van der Waals surface area contributed by atoms with Crippen LogP contribution in [0.3, 0.4) is 0 Å². The van der Waals surface area contributed by atoms with Crippen LogP contribution in [0.4, 0.5) is 0 Å². The number of aromatic amines is 1. The molecule has 0 aromatic carbocycles. The van der Waals surface area contributed by atoms with Crippen molar-refractivity contribution in [3.8, 4) is 0 Å². The maximum atomic E-state index is 5.38. The summed E-state index contributed by atoms with van der Waals surface area (Å²) in [5.41, 5.74) is 4.37. The van der Waals surface area contributed by atoms with E-state index < -0.39 is 0 Å². The van der Waals surface area contributed by atoms with Gasteiger partial charge >= 0.3 is 0 Å². The van der Waals surface area contributed by atoms with Crippen molar-refractivity contribution in [2.45, 2.75) is 19.9 Å². The lowest BCUT2D eigenvalue weighted by atomic mass is 10.2. The first-order valence-electron chi connectivity index (χ1n) is 6.19. The molecule has 3 rings (SSSR count). The summed E-state index contributed by atoms with van der Waals surface area (Å²) in [5, 5.41) is 0. The molecule has 0 radical (unpaired) electrons. The molecule has 3 aromatic rings. The number of hydrogen-bond donors (Lipinski definition) is 1. The molecular weight excluding hydrogens is 256 g/mol. The number of nitrogens with one attached hydrogen (secondary N) is 1. The number of aromatic nitrogens is 4. The molecule has 0 unspecified atom stereocenters. The summed E-state index contributed by atoms with van der Waals surface area (Å²) in [6.45, 7) is 2.88. The highest BCUT2D eigenvalue weighted by Crippen LogP contribution is 2.15. The molecule has 3 aromatic heterocycles. The number of H-pyrrole nitrogens is 1. The molecule has 5 heteroatoms. The summed E-state index contributed by atoms with van der Waals surface area (Å²) in [7, 11) is 0. The summed E-state index contributed by atoms with van der Waals surface area (Å²) in [4.78, 5) is 11.7. The Morgan fingerprint density at radius 3 is 2.79 bits per heavy atom. The molecule has 3 heterocycles. The van der Waals surface area contributed by atoms with Gasteiger partial charge in [-0.2, -0.15) is 0 Å². The third-order valence-corrected chi connectivity index (χ3v) is 3.57. The average molecular weight is 270 g/mol. The Hall–Kier alpha value is -2.01. The summed E-state index contributed by atoms with van der Waals surface area (Å²) in [6.07, 6.45) is 6.36. The highest BCUT2D eigenvalue weighted by molar-refractivity contribution is 7.71. The third kappa shape index (κ3) is 2.29. The Kier molecular flexibility index (Phi) is 3.13. The molecule has 96 valence electrons. The third-order valence-electron chi connectivity index (χ3n) is 3.25. The highest BCUT2D eigenvalue weighted by atomic mass is 32.1. The molecule has 0 saturated carbocycles. The Bertz CT molecular complexity index is 758. The van der Waals surface area contributed by atoms with Gasteiger partial charge in [0.15, 0.2) is 10.4 Å². The minimum absolute atomic E-state index is 0.728.